The Morgan fingerprint density at radius 1 is 1.19 bits per heavy atom. The molecule has 0 radical (unpaired) electrons. The molecule has 4 heteroatoms. The van der Waals surface area contributed by atoms with Crippen LogP contribution in [0.3, 0.4) is 0 Å². The standard InChI is InChI=1S/C12H16N4/c13-10-5-7-15(8-6-10)16-9-14-11-3-1-2-4-12(11)16/h1-4,9-10H,5-8,13H2. The Bertz CT molecular complexity index is 482. The lowest BCUT2D eigenvalue weighted by atomic mass is 10.1. The highest BCUT2D eigenvalue weighted by molar-refractivity contribution is 5.75. The van der Waals surface area contributed by atoms with Crippen LogP contribution in [0.4, 0.5) is 0 Å². The average Bonchev–Trinajstić information content (AvgIpc) is 2.74. The number of hydrogen-bond donors (Lipinski definition) is 1. The Morgan fingerprint density at radius 2 is 1.94 bits per heavy atom. The number of nitrogens with zero attached hydrogens (tertiary/aromatic N) is 3. The van der Waals surface area contributed by atoms with E-state index in [-0.39, 0.29) is 0 Å². The fraction of sp³-hybridized carbons (Fsp3) is 0.417. The maximum atomic E-state index is 5.91. The molecule has 2 N–H and O–H groups in total. The highest BCUT2D eigenvalue weighted by Gasteiger charge is 2.17. The SMILES string of the molecule is NC1CCN(n2cnc3ccccc32)CC1. The van der Waals surface area contributed by atoms with Crippen LogP contribution in [0.15, 0.2) is 30.6 Å². The van der Waals surface area contributed by atoms with Crippen LogP contribution in [0.5, 0.6) is 0 Å². The van der Waals surface area contributed by atoms with Crippen molar-refractivity contribution in [3.8, 4) is 0 Å². The minimum Gasteiger partial charge on any atom is -0.328 e. The van der Waals surface area contributed by atoms with Gasteiger partial charge in [0.1, 0.15) is 6.33 Å². The monoisotopic (exact) mass is 216 g/mol. The number of para-hydroxylation sites is 2. The first-order valence-electron chi connectivity index (χ1n) is 5.77. The lowest BCUT2D eigenvalue weighted by molar-refractivity contribution is 0.438. The van der Waals surface area contributed by atoms with Crippen LogP contribution >= 0.6 is 0 Å². The van der Waals surface area contributed by atoms with E-state index in [4.69, 9.17) is 5.73 Å². The van der Waals surface area contributed by atoms with Gasteiger partial charge in [-0.2, -0.15) is 0 Å². The van der Waals surface area contributed by atoms with E-state index in [9.17, 15) is 0 Å². The summed E-state index contributed by atoms with van der Waals surface area (Å²) in [6.07, 6.45) is 4.03. The zero-order chi connectivity index (χ0) is 11.0. The number of nitrogens with two attached hydrogens (primary N) is 1. The summed E-state index contributed by atoms with van der Waals surface area (Å²) >= 11 is 0. The van der Waals surface area contributed by atoms with Gasteiger partial charge in [-0.1, -0.05) is 12.1 Å². The number of imidazole rings is 1. The highest BCUT2D eigenvalue weighted by atomic mass is 15.6. The Hall–Kier alpha value is -1.55. The van der Waals surface area contributed by atoms with Gasteiger partial charge in [0.05, 0.1) is 11.0 Å². The summed E-state index contributed by atoms with van der Waals surface area (Å²) in [5, 5.41) is 2.32. The first-order chi connectivity index (χ1) is 7.84. The molecule has 1 fully saturated rings. The van der Waals surface area contributed by atoms with Crippen molar-refractivity contribution in [2.24, 2.45) is 5.73 Å². The molecule has 1 saturated heterocycles. The van der Waals surface area contributed by atoms with Crippen LogP contribution in [0.1, 0.15) is 12.8 Å². The molecule has 2 heterocycles. The van der Waals surface area contributed by atoms with Crippen molar-refractivity contribution < 1.29 is 0 Å². The molecule has 84 valence electrons. The molecule has 3 rings (SSSR count). The second-order valence-electron chi connectivity index (χ2n) is 4.37. The van der Waals surface area contributed by atoms with E-state index in [1.807, 2.05) is 18.5 Å². The summed E-state index contributed by atoms with van der Waals surface area (Å²) < 4.78 is 2.15. The summed E-state index contributed by atoms with van der Waals surface area (Å²) in [5.41, 5.74) is 8.14. The summed E-state index contributed by atoms with van der Waals surface area (Å²) in [6, 6.07) is 8.59. The molecule has 0 aliphatic carbocycles. The van der Waals surface area contributed by atoms with E-state index in [0.29, 0.717) is 6.04 Å². The molecule has 16 heavy (non-hydrogen) atoms. The minimum atomic E-state index is 0.367. The van der Waals surface area contributed by atoms with Crippen LogP contribution in [0.25, 0.3) is 11.0 Å². The Balaban J connectivity index is 1.94. The highest BCUT2D eigenvalue weighted by Crippen LogP contribution is 2.15. The molecule has 1 aromatic carbocycles. The topological polar surface area (TPSA) is 47.1 Å². The number of aromatic nitrogens is 2. The molecule has 0 saturated carbocycles. The van der Waals surface area contributed by atoms with Crippen molar-refractivity contribution >= 4 is 11.0 Å². The van der Waals surface area contributed by atoms with Gasteiger partial charge < -0.3 is 10.7 Å². The first-order valence-corrected chi connectivity index (χ1v) is 5.77. The van der Waals surface area contributed by atoms with Crippen LogP contribution in [-0.4, -0.2) is 28.8 Å². The Kier molecular flexibility index (Phi) is 2.29. The van der Waals surface area contributed by atoms with E-state index < -0.39 is 0 Å². The molecule has 0 amide bonds. The number of rotatable bonds is 1. The second-order valence-corrected chi connectivity index (χ2v) is 4.37. The normalized spacial score (nSPS) is 18.2. The predicted octanol–water partition coefficient (Wildman–Crippen LogP) is 1.10. The summed E-state index contributed by atoms with van der Waals surface area (Å²) in [7, 11) is 0. The summed E-state index contributed by atoms with van der Waals surface area (Å²) in [5.74, 6) is 0. The lowest BCUT2D eigenvalue weighted by Crippen LogP contribution is -2.45. The van der Waals surface area contributed by atoms with Gasteiger partial charge in [0, 0.05) is 19.1 Å². The van der Waals surface area contributed by atoms with Crippen molar-refractivity contribution in [3.63, 3.8) is 0 Å². The van der Waals surface area contributed by atoms with E-state index in [1.54, 1.807) is 0 Å². The number of hydrogen-bond acceptors (Lipinski definition) is 3. The van der Waals surface area contributed by atoms with Gasteiger partial charge in [-0.25, -0.2) is 9.66 Å². The predicted molar refractivity (Wildman–Crippen MR) is 64.9 cm³/mol. The van der Waals surface area contributed by atoms with Crippen molar-refractivity contribution in [1.29, 1.82) is 0 Å². The van der Waals surface area contributed by atoms with E-state index >= 15 is 0 Å². The van der Waals surface area contributed by atoms with Gasteiger partial charge >= 0.3 is 0 Å². The van der Waals surface area contributed by atoms with Crippen molar-refractivity contribution in [3.05, 3.63) is 30.6 Å². The molecular weight excluding hydrogens is 200 g/mol. The van der Waals surface area contributed by atoms with Crippen molar-refractivity contribution in [2.45, 2.75) is 18.9 Å². The van der Waals surface area contributed by atoms with Crippen molar-refractivity contribution in [1.82, 2.24) is 9.66 Å². The van der Waals surface area contributed by atoms with Gasteiger partial charge in [-0.3, -0.25) is 0 Å². The zero-order valence-electron chi connectivity index (χ0n) is 9.21. The third-order valence-corrected chi connectivity index (χ3v) is 3.26. The van der Waals surface area contributed by atoms with Crippen LogP contribution < -0.4 is 10.7 Å². The second kappa shape index (κ2) is 3.79. The van der Waals surface area contributed by atoms with Gasteiger partial charge in [0.15, 0.2) is 0 Å². The molecule has 2 aromatic rings. The molecule has 0 unspecified atom stereocenters. The molecule has 0 spiro atoms. The van der Waals surface area contributed by atoms with Crippen LogP contribution in [-0.2, 0) is 0 Å². The maximum absolute atomic E-state index is 5.91. The minimum absolute atomic E-state index is 0.367. The van der Waals surface area contributed by atoms with Gasteiger partial charge in [0.2, 0.25) is 0 Å². The summed E-state index contributed by atoms with van der Waals surface area (Å²) in [6.45, 7) is 2.03. The quantitative estimate of drug-likeness (QED) is 0.776. The molecule has 1 aliphatic rings. The number of piperidine rings is 1. The van der Waals surface area contributed by atoms with Gasteiger partial charge in [-0.05, 0) is 25.0 Å². The average molecular weight is 216 g/mol. The Morgan fingerprint density at radius 3 is 2.75 bits per heavy atom. The molecule has 0 bridgehead atoms. The largest absolute Gasteiger partial charge is 0.328 e. The third-order valence-electron chi connectivity index (χ3n) is 3.26. The molecule has 4 nitrogen and oxygen atoms in total. The first kappa shape index (κ1) is 9.66. The third kappa shape index (κ3) is 1.55. The molecular formula is C12H16N4. The van der Waals surface area contributed by atoms with Gasteiger partial charge in [0.25, 0.3) is 0 Å². The fourth-order valence-corrected chi connectivity index (χ4v) is 2.27. The Labute approximate surface area is 94.6 Å². The van der Waals surface area contributed by atoms with E-state index in [0.717, 1.165) is 31.4 Å². The molecule has 1 aromatic heterocycles. The van der Waals surface area contributed by atoms with Crippen LogP contribution in [0.2, 0.25) is 0 Å². The maximum Gasteiger partial charge on any atom is 0.116 e. The van der Waals surface area contributed by atoms with Gasteiger partial charge in [-0.15, -0.1) is 0 Å². The lowest BCUT2D eigenvalue weighted by Gasteiger charge is -2.32. The zero-order valence-corrected chi connectivity index (χ0v) is 9.21. The summed E-state index contributed by atoms with van der Waals surface area (Å²) in [4.78, 5) is 4.40. The smallest absolute Gasteiger partial charge is 0.116 e. The van der Waals surface area contributed by atoms with Crippen LogP contribution in [0, 0.1) is 0 Å². The molecule has 1 aliphatic heterocycles. The van der Waals surface area contributed by atoms with Crippen molar-refractivity contribution in [2.75, 3.05) is 18.1 Å². The fourth-order valence-electron chi connectivity index (χ4n) is 2.27. The number of benzene rings is 1. The number of fused-ring (bicyclic) bond motifs is 1. The van der Waals surface area contributed by atoms with E-state index in [2.05, 4.69) is 26.8 Å². The van der Waals surface area contributed by atoms with E-state index in [1.165, 1.54) is 5.52 Å². The molecule has 0 atom stereocenters.